The zero-order valence-corrected chi connectivity index (χ0v) is 7.23. The Balaban J connectivity index is 2.28. The lowest BCUT2D eigenvalue weighted by Gasteiger charge is -1.94. The molecule has 1 N–H and O–H groups in total. The van der Waals surface area contributed by atoms with Crippen LogP contribution in [-0.4, -0.2) is 5.91 Å². The predicted octanol–water partition coefficient (Wildman–Crippen LogP) is 1.28. The van der Waals surface area contributed by atoms with E-state index in [0.29, 0.717) is 12.8 Å². The molecule has 3 nitrogen and oxygen atoms in total. The Morgan fingerprint density at radius 3 is 3.17 bits per heavy atom. The second-order valence-electron chi connectivity index (χ2n) is 2.24. The lowest BCUT2D eigenvalue weighted by molar-refractivity contribution is -0.119. The van der Waals surface area contributed by atoms with E-state index in [1.807, 2.05) is 17.5 Å². The number of nitrogens with zero attached hydrogens (tertiary/aromatic N) is 1. The van der Waals surface area contributed by atoms with E-state index in [4.69, 9.17) is 5.26 Å². The summed E-state index contributed by atoms with van der Waals surface area (Å²) >= 11 is 1.62. The minimum atomic E-state index is -0.217. The van der Waals surface area contributed by atoms with Gasteiger partial charge in [-0.1, -0.05) is 6.07 Å². The zero-order chi connectivity index (χ0) is 8.81. The van der Waals surface area contributed by atoms with Gasteiger partial charge in [0, 0.05) is 11.3 Å². The fraction of sp³-hybridized carbons (Fsp3) is 0.250. The summed E-state index contributed by atoms with van der Waals surface area (Å²) in [5, 5.41) is 12.2. The molecule has 1 amide bonds. The van der Waals surface area contributed by atoms with Gasteiger partial charge in [0.15, 0.2) is 6.19 Å². The highest BCUT2D eigenvalue weighted by atomic mass is 32.1. The number of amides is 1. The number of carbonyl (C=O) groups is 1. The van der Waals surface area contributed by atoms with Gasteiger partial charge in [-0.3, -0.25) is 10.1 Å². The third-order valence-electron chi connectivity index (χ3n) is 1.37. The van der Waals surface area contributed by atoms with Crippen molar-refractivity contribution in [3.05, 3.63) is 22.4 Å². The van der Waals surface area contributed by atoms with E-state index in [2.05, 4.69) is 5.32 Å². The smallest absolute Gasteiger partial charge is 0.233 e. The molecule has 1 aromatic rings. The summed E-state index contributed by atoms with van der Waals surface area (Å²) in [4.78, 5) is 12.0. The van der Waals surface area contributed by atoms with E-state index in [1.54, 1.807) is 17.5 Å². The molecule has 62 valence electrons. The molecule has 1 rings (SSSR count). The van der Waals surface area contributed by atoms with Gasteiger partial charge in [-0.25, -0.2) is 0 Å². The Labute approximate surface area is 74.6 Å². The molecule has 1 aromatic heterocycles. The Morgan fingerprint density at radius 2 is 2.58 bits per heavy atom. The average molecular weight is 180 g/mol. The maximum atomic E-state index is 10.8. The van der Waals surface area contributed by atoms with Crippen molar-refractivity contribution in [3.8, 4) is 6.19 Å². The molecule has 0 bridgehead atoms. The number of nitriles is 1. The standard InChI is InChI=1S/C8H8N2OS/c9-6-10-8(11)4-3-7-2-1-5-12-7/h1-2,5H,3-4H2,(H,10,11). The van der Waals surface area contributed by atoms with Gasteiger partial charge in [-0.2, -0.15) is 5.26 Å². The molecular formula is C8H8N2OS. The van der Waals surface area contributed by atoms with Gasteiger partial charge in [-0.05, 0) is 17.9 Å². The van der Waals surface area contributed by atoms with E-state index >= 15 is 0 Å². The largest absolute Gasteiger partial charge is 0.274 e. The molecule has 0 radical (unpaired) electrons. The molecule has 0 aliphatic heterocycles. The van der Waals surface area contributed by atoms with Gasteiger partial charge in [0.05, 0.1) is 0 Å². The summed E-state index contributed by atoms with van der Waals surface area (Å²) in [7, 11) is 0. The molecular weight excluding hydrogens is 172 g/mol. The summed E-state index contributed by atoms with van der Waals surface area (Å²) in [6.45, 7) is 0. The highest BCUT2D eigenvalue weighted by molar-refractivity contribution is 7.09. The third-order valence-corrected chi connectivity index (χ3v) is 2.31. The summed E-state index contributed by atoms with van der Waals surface area (Å²) in [6, 6.07) is 3.92. The molecule has 0 aliphatic rings. The number of thiophene rings is 1. The van der Waals surface area contributed by atoms with Crippen LogP contribution in [0.4, 0.5) is 0 Å². The van der Waals surface area contributed by atoms with Crippen LogP contribution >= 0.6 is 11.3 Å². The van der Waals surface area contributed by atoms with Crippen molar-refractivity contribution in [1.29, 1.82) is 5.26 Å². The highest BCUT2D eigenvalue weighted by Gasteiger charge is 2.00. The first kappa shape index (κ1) is 8.75. The maximum Gasteiger partial charge on any atom is 0.233 e. The lowest BCUT2D eigenvalue weighted by Crippen LogP contribution is -2.17. The molecule has 0 spiro atoms. The van der Waals surface area contributed by atoms with Crippen LogP contribution in [0.1, 0.15) is 11.3 Å². The molecule has 1 heterocycles. The molecule has 0 aromatic carbocycles. The molecule has 0 unspecified atom stereocenters. The van der Waals surface area contributed by atoms with Gasteiger partial charge in [0.1, 0.15) is 0 Å². The summed E-state index contributed by atoms with van der Waals surface area (Å²) in [5.41, 5.74) is 0. The SMILES string of the molecule is N#CNC(=O)CCc1cccs1. The first-order valence-electron chi connectivity index (χ1n) is 3.53. The number of aryl methyl sites for hydroxylation is 1. The van der Waals surface area contributed by atoms with E-state index in [1.165, 1.54) is 4.88 Å². The number of rotatable bonds is 3. The van der Waals surface area contributed by atoms with Crippen molar-refractivity contribution >= 4 is 17.2 Å². The number of hydrogen-bond acceptors (Lipinski definition) is 3. The van der Waals surface area contributed by atoms with Crippen LogP contribution in [0, 0.1) is 11.5 Å². The third kappa shape index (κ3) is 2.72. The molecule has 12 heavy (non-hydrogen) atoms. The quantitative estimate of drug-likeness (QED) is 0.562. The average Bonchev–Trinajstić information content (AvgIpc) is 2.53. The first-order chi connectivity index (χ1) is 5.83. The lowest BCUT2D eigenvalue weighted by atomic mass is 10.2. The van der Waals surface area contributed by atoms with Crippen LogP contribution in [-0.2, 0) is 11.2 Å². The highest BCUT2D eigenvalue weighted by Crippen LogP contribution is 2.10. The second-order valence-corrected chi connectivity index (χ2v) is 3.27. The van der Waals surface area contributed by atoms with E-state index < -0.39 is 0 Å². The monoisotopic (exact) mass is 180 g/mol. The fourth-order valence-corrected chi connectivity index (χ4v) is 1.53. The van der Waals surface area contributed by atoms with Crippen molar-refractivity contribution in [3.63, 3.8) is 0 Å². The Kier molecular flexibility index (Phi) is 3.30. The van der Waals surface area contributed by atoms with Crippen LogP contribution < -0.4 is 5.32 Å². The molecule has 4 heteroatoms. The van der Waals surface area contributed by atoms with Crippen LogP contribution in [0.3, 0.4) is 0 Å². The second kappa shape index (κ2) is 4.52. The topological polar surface area (TPSA) is 52.9 Å². The van der Waals surface area contributed by atoms with Gasteiger partial charge in [0.25, 0.3) is 0 Å². The van der Waals surface area contributed by atoms with Crippen LogP contribution in [0.25, 0.3) is 0 Å². The number of hydrogen-bond donors (Lipinski definition) is 1. The fourth-order valence-electron chi connectivity index (χ4n) is 0.816. The van der Waals surface area contributed by atoms with E-state index in [9.17, 15) is 4.79 Å². The van der Waals surface area contributed by atoms with Crippen molar-refractivity contribution in [2.75, 3.05) is 0 Å². The normalized spacial score (nSPS) is 8.92. The number of carbonyl (C=O) groups excluding carboxylic acids is 1. The van der Waals surface area contributed by atoms with E-state index in [-0.39, 0.29) is 5.91 Å². The van der Waals surface area contributed by atoms with Crippen molar-refractivity contribution < 1.29 is 4.79 Å². The van der Waals surface area contributed by atoms with Crippen molar-refractivity contribution in [2.24, 2.45) is 0 Å². The summed E-state index contributed by atoms with van der Waals surface area (Å²) in [6.07, 6.45) is 2.70. The van der Waals surface area contributed by atoms with Crippen molar-refractivity contribution in [1.82, 2.24) is 5.32 Å². The van der Waals surface area contributed by atoms with Crippen LogP contribution in [0.15, 0.2) is 17.5 Å². The maximum absolute atomic E-state index is 10.8. The van der Waals surface area contributed by atoms with Crippen LogP contribution in [0.5, 0.6) is 0 Å². The Hall–Kier alpha value is -1.34. The van der Waals surface area contributed by atoms with Gasteiger partial charge in [-0.15, -0.1) is 11.3 Å². The molecule has 0 fully saturated rings. The Morgan fingerprint density at radius 1 is 1.75 bits per heavy atom. The summed E-state index contributed by atoms with van der Waals surface area (Å²) in [5.74, 6) is -0.217. The minimum Gasteiger partial charge on any atom is -0.274 e. The van der Waals surface area contributed by atoms with Crippen LogP contribution in [0.2, 0.25) is 0 Å². The van der Waals surface area contributed by atoms with E-state index in [0.717, 1.165) is 0 Å². The molecule has 0 aliphatic carbocycles. The zero-order valence-electron chi connectivity index (χ0n) is 6.41. The van der Waals surface area contributed by atoms with Gasteiger partial charge in [0.2, 0.25) is 5.91 Å². The number of nitrogens with one attached hydrogen (secondary N) is 1. The van der Waals surface area contributed by atoms with Crippen molar-refractivity contribution in [2.45, 2.75) is 12.8 Å². The molecule has 0 saturated heterocycles. The summed E-state index contributed by atoms with van der Waals surface area (Å²) < 4.78 is 0. The molecule has 0 saturated carbocycles. The van der Waals surface area contributed by atoms with Gasteiger partial charge >= 0.3 is 0 Å². The predicted molar refractivity (Wildman–Crippen MR) is 46.4 cm³/mol. The Bertz CT molecular complexity index is 287. The first-order valence-corrected chi connectivity index (χ1v) is 4.41. The van der Waals surface area contributed by atoms with Gasteiger partial charge < -0.3 is 0 Å². The minimum absolute atomic E-state index is 0.217. The molecule has 0 atom stereocenters.